The topological polar surface area (TPSA) is 67.8 Å². The summed E-state index contributed by atoms with van der Waals surface area (Å²) >= 11 is 0. The second-order valence-corrected chi connectivity index (χ2v) is 4.85. The summed E-state index contributed by atoms with van der Waals surface area (Å²) in [6, 6.07) is 8.84. The van der Waals surface area contributed by atoms with E-state index in [-0.39, 0.29) is 18.0 Å². The van der Waals surface area contributed by atoms with Crippen LogP contribution in [0, 0.1) is 17.2 Å². The summed E-state index contributed by atoms with van der Waals surface area (Å²) < 4.78 is 2.56. The second-order valence-electron chi connectivity index (χ2n) is 4.85. The fourth-order valence-corrected chi connectivity index (χ4v) is 2.12. The number of fused-ring (bicyclic) bond motifs is 1. The van der Waals surface area contributed by atoms with E-state index in [9.17, 15) is 9.59 Å². The Hall–Kier alpha value is -2.35. The van der Waals surface area contributed by atoms with Crippen molar-refractivity contribution in [2.24, 2.45) is 5.92 Å². The fourth-order valence-electron chi connectivity index (χ4n) is 2.12. The van der Waals surface area contributed by atoms with Gasteiger partial charge in [0.1, 0.15) is 6.54 Å². The molecular weight excluding hydrogens is 242 g/mol. The average Bonchev–Trinajstić information content (AvgIpc) is 2.39. The molecule has 1 heterocycles. The molecule has 98 valence electrons. The summed E-state index contributed by atoms with van der Waals surface area (Å²) in [6.45, 7) is 4.18. The number of benzene rings is 1. The molecule has 0 atom stereocenters. The maximum Gasteiger partial charge on any atom is 0.332 e. The highest BCUT2D eigenvalue weighted by Crippen LogP contribution is 2.07. The summed E-state index contributed by atoms with van der Waals surface area (Å²) in [7, 11) is 0. The number of hydrogen-bond donors (Lipinski definition) is 0. The molecule has 5 heteroatoms. The SMILES string of the molecule is CC(C)Cn1c(=O)c2ccccc2n(CC#N)c1=O. The third kappa shape index (κ3) is 2.29. The molecule has 0 spiro atoms. The van der Waals surface area contributed by atoms with Gasteiger partial charge in [-0.3, -0.25) is 13.9 Å². The van der Waals surface area contributed by atoms with E-state index in [1.165, 1.54) is 9.13 Å². The van der Waals surface area contributed by atoms with Crippen molar-refractivity contribution in [1.29, 1.82) is 5.26 Å². The number of rotatable bonds is 3. The van der Waals surface area contributed by atoms with Gasteiger partial charge in [-0.1, -0.05) is 26.0 Å². The number of nitrogens with zero attached hydrogens (tertiary/aromatic N) is 3. The minimum absolute atomic E-state index is 0.0578. The smallest absolute Gasteiger partial charge is 0.279 e. The van der Waals surface area contributed by atoms with Crippen LogP contribution in [0.2, 0.25) is 0 Å². The molecule has 0 aliphatic rings. The van der Waals surface area contributed by atoms with Gasteiger partial charge >= 0.3 is 5.69 Å². The van der Waals surface area contributed by atoms with Crippen molar-refractivity contribution in [3.8, 4) is 6.07 Å². The van der Waals surface area contributed by atoms with Crippen molar-refractivity contribution in [3.05, 3.63) is 45.1 Å². The lowest BCUT2D eigenvalue weighted by atomic mass is 10.2. The van der Waals surface area contributed by atoms with E-state index in [1.807, 2.05) is 19.9 Å². The van der Waals surface area contributed by atoms with Crippen molar-refractivity contribution in [2.75, 3.05) is 0 Å². The quantitative estimate of drug-likeness (QED) is 0.833. The zero-order valence-electron chi connectivity index (χ0n) is 11.0. The van der Waals surface area contributed by atoms with Crippen LogP contribution < -0.4 is 11.2 Å². The van der Waals surface area contributed by atoms with Gasteiger partial charge in [0.15, 0.2) is 0 Å². The summed E-state index contributed by atoms with van der Waals surface area (Å²) in [5.41, 5.74) is -0.193. The van der Waals surface area contributed by atoms with E-state index >= 15 is 0 Å². The molecule has 0 N–H and O–H groups in total. The van der Waals surface area contributed by atoms with Gasteiger partial charge in [0.25, 0.3) is 5.56 Å². The molecule has 0 unspecified atom stereocenters. The minimum atomic E-state index is -0.418. The van der Waals surface area contributed by atoms with Gasteiger partial charge in [-0.05, 0) is 18.1 Å². The van der Waals surface area contributed by atoms with Gasteiger partial charge in [-0.25, -0.2) is 4.79 Å². The lowest BCUT2D eigenvalue weighted by molar-refractivity contribution is 0.482. The first-order valence-electron chi connectivity index (χ1n) is 6.15. The normalized spacial score (nSPS) is 10.8. The van der Waals surface area contributed by atoms with Gasteiger partial charge < -0.3 is 0 Å². The molecule has 0 aliphatic carbocycles. The van der Waals surface area contributed by atoms with E-state index in [4.69, 9.17) is 5.26 Å². The first kappa shape index (κ1) is 13.1. The predicted molar refractivity (Wildman–Crippen MR) is 72.9 cm³/mol. The first-order valence-corrected chi connectivity index (χ1v) is 6.15. The molecule has 0 saturated heterocycles. The summed E-state index contributed by atoms with van der Waals surface area (Å²) in [6.07, 6.45) is 0. The molecule has 0 saturated carbocycles. The Balaban J connectivity index is 2.88. The van der Waals surface area contributed by atoms with Gasteiger partial charge in [0.05, 0.1) is 17.0 Å². The highest BCUT2D eigenvalue weighted by molar-refractivity contribution is 5.77. The Kier molecular flexibility index (Phi) is 3.52. The van der Waals surface area contributed by atoms with Gasteiger partial charge in [0, 0.05) is 6.54 Å². The molecule has 0 fully saturated rings. The monoisotopic (exact) mass is 257 g/mol. The third-order valence-electron chi connectivity index (χ3n) is 2.91. The van der Waals surface area contributed by atoms with Crippen LogP contribution in [-0.4, -0.2) is 9.13 Å². The van der Waals surface area contributed by atoms with Crippen LogP contribution in [0.3, 0.4) is 0 Å². The molecule has 1 aromatic heterocycles. The number of para-hydroxylation sites is 1. The first-order chi connectivity index (χ1) is 9.06. The van der Waals surface area contributed by atoms with Crippen LogP contribution in [0.1, 0.15) is 13.8 Å². The van der Waals surface area contributed by atoms with E-state index in [2.05, 4.69) is 0 Å². The predicted octanol–water partition coefficient (Wildman–Crippen LogP) is 1.34. The Bertz CT molecular complexity index is 763. The van der Waals surface area contributed by atoms with E-state index in [0.717, 1.165) is 0 Å². The van der Waals surface area contributed by atoms with Crippen LogP contribution in [0.4, 0.5) is 0 Å². The number of hydrogen-bond acceptors (Lipinski definition) is 3. The van der Waals surface area contributed by atoms with Crippen molar-refractivity contribution in [1.82, 2.24) is 9.13 Å². The molecule has 2 rings (SSSR count). The van der Waals surface area contributed by atoms with Crippen molar-refractivity contribution in [3.63, 3.8) is 0 Å². The molecule has 2 aromatic rings. The Morgan fingerprint density at radius 3 is 2.53 bits per heavy atom. The second kappa shape index (κ2) is 5.11. The summed E-state index contributed by atoms with van der Waals surface area (Å²) in [5, 5.41) is 9.32. The van der Waals surface area contributed by atoms with Crippen molar-refractivity contribution >= 4 is 10.9 Å². The Morgan fingerprint density at radius 2 is 1.89 bits per heavy atom. The maximum atomic E-state index is 12.3. The number of aromatic nitrogens is 2. The molecule has 1 aromatic carbocycles. The molecule has 0 amide bonds. The van der Waals surface area contributed by atoms with Crippen LogP contribution >= 0.6 is 0 Å². The number of nitriles is 1. The van der Waals surface area contributed by atoms with E-state index in [0.29, 0.717) is 17.4 Å². The largest absolute Gasteiger partial charge is 0.332 e. The van der Waals surface area contributed by atoms with E-state index < -0.39 is 5.69 Å². The summed E-state index contributed by atoms with van der Waals surface area (Å²) in [5.74, 6) is 0.182. The van der Waals surface area contributed by atoms with Crippen LogP contribution in [-0.2, 0) is 13.1 Å². The molecule has 0 bridgehead atoms. The summed E-state index contributed by atoms with van der Waals surface area (Å²) in [4.78, 5) is 24.6. The average molecular weight is 257 g/mol. The standard InChI is InChI=1S/C14H15N3O2/c1-10(2)9-17-13(18)11-5-3-4-6-12(11)16(8-7-15)14(17)19/h3-6,10H,8-9H2,1-2H3. The maximum absolute atomic E-state index is 12.3. The highest BCUT2D eigenvalue weighted by atomic mass is 16.2. The van der Waals surface area contributed by atoms with Crippen LogP contribution in [0.15, 0.2) is 33.9 Å². The highest BCUT2D eigenvalue weighted by Gasteiger charge is 2.13. The Morgan fingerprint density at radius 1 is 1.21 bits per heavy atom. The lowest BCUT2D eigenvalue weighted by Crippen LogP contribution is -2.41. The molecule has 5 nitrogen and oxygen atoms in total. The zero-order chi connectivity index (χ0) is 14.0. The zero-order valence-corrected chi connectivity index (χ0v) is 11.0. The fraction of sp³-hybridized carbons (Fsp3) is 0.357. The van der Waals surface area contributed by atoms with Gasteiger partial charge in [-0.2, -0.15) is 5.26 Å². The minimum Gasteiger partial charge on any atom is -0.279 e. The molecular formula is C14H15N3O2. The Labute approximate surface area is 110 Å². The molecule has 19 heavy (non-hydrogen) atoms. The van der Waals surface area contributed by atoms with Crippen molar-refractivity contribution in [2.45, 2.75) is 26.9 Å². The third-order valence-corrected chi connectivity index (χ3v) is 2.91. The lowest BCUT2D eigenvalue weighted by Gasteiger charge is -2.13. The van der Waals surface area contributed by atoms with Gasteiger partial charge in [0.2, 0.25) is 0 Å². The van der Waals surface area contributed by atoms with Crippen LogP contribution in [0.5, 0.6) is 0 Å². The van der Waals surface area contributed by atoms with Gasteiger partial charge in [-0.15, -0.1) is 0 Å². The van der Waals surface area contributed by atoms with E-state index in [1.54, 1.807) is 24.3 Å². The van der Waals surface area contributed by atoms with Crippen molar-refractivity contribution < 1.29 is 0 Å². The van der Waals surface area contributed by atoms with Crippen LogP contribution in [0.25, 0.3) is 10.9 Å². The molecule has 0 radical (unpaired) electrons. The molecule has 0 aliphatic heterocycles.